The molecule has 4 aliphatic rings. The summed E-state index contributed by atoms with van der Waals surface area (Å²) in [6, 6.07) is 9.08. The molecule has 1 saturated carbocycles. The van der Waals surface area contributed by atoms with Gasteiger partial charge < -0.3 is 19.5 Å². The molecule has 2 saturated heterocycles. The van der Waals surface area contributed by atoms with E-state index < -0.39 is 11.4 Å². The number of benzene rings is 1. The third-order valence-corrected chi connectivity index (χ3v) is 10.3. The molecule has 3 aromatic rings. The van der Waals surface area contributed by atoms with Crippen molar-refractivity contribution in [1.82, 2.24) is 14.9 Å². The van der Waals surface area contributed by atoms with E-state index >= 15 is 0 Å². The van der Waals surface area contributed by atoms with Crippen molar-refractivity contribution in [2.45, 2.75) is 58.2 Å². The number of carboxylic acids is 1. The van der Waals surface area contributed by atoms with E-state index in [9.17, 15) is 9.90 Å². The average molecular weight is 561 g/mol. The number of rotatable bonds is 7. The highest BCUT2D eigenvalue weighted by atomic mass is 32.1. The molecule has 0 spiro atoms. The molecule has 210 valence electrons. The van der Waals surface area contributed by atoms with Gasteiger partial charge in [0.15, 0.2) is 5.13 Å². The summed E-state index contributed by atoms with van der Waals surface area (Å²) in [4.78, 5) is 26.3. The number of aromatic nitrogens is 2. The number of pyridine rings is 1. The SMILES string of the molecule is Cc1cccc(-c2csc(N3CC[C@@]4(C(=O)O)C[C@H]4C3)n2)c1OCc1cnc2c(c1)CCN(C1CCOCC1)C2. The van der Waals surface area contributed by atoms with Crippen LogP contribution in [0.5, 0.6) is 5.75 Å². The Morgan fingerprint density at radius 1 is 1.27 bits per heavy atom. The van der Waals surface area contributed by atoms with Crippen molar-refractivity contribution in [2.75, 3.05) is 37.7 Å². The van der Waals surface area contributed by atoms with Crippen LogP contribution in [-0.2, 0) is 29.1 Å². The highest BCUT2D eigenvalue weighted by Crippen LogP contribution is 2.58. The Morgan fingerprint density at radius 2 is 2.15 bits per heavy atom. The zero-order valence-corrected chi connectivity index (χ0v) is 23.8. The molecule has 1 aromatic carbocycles. The fraction of sp³-hybridized carbons (Fsp3) is 0.516. The smallest absolute Gasteiger partial charge is 0.310 e. The number of aryl methyl sites for hydroxylation is 1. The van der Waals surface area contributed by atoms with Crippen molar-refractivity contribution >= 4 is 22.4 Å². The summed E-state index contributed by atoms with van der Waals surface area (Å²) >= 11 is 1.62. The lowest BCUT2D eigenvalue weighted by Crippen LogP contribution is -2.42. The summed E-state index contributed by atoms with van der Waals surface area (Å²) < 4.78 is 12.0. The van der Waals surface area contributed by atoms with Crippen molar-refractivity contribution in [3.63, 3.8) is 0 Å². The largest absolute Gasteiger partial charge is 0.488 e. The molecule has 5 heterocycles. The highest BCUT2D eigenvalue weighted by Gasteiger charge is 2.62. The average Bonchev–Trinajstić information content (AvgIpc) is 3.54. The van der Waals surface area contributed by atoms with Crippen LogP contribution in [0, 0.1) is 18.3 Å². The Labute approximate surface area is 239 Å². The number of ether oxygens (including phenoxy) is 2. The predicted molar refractivity (Wildman–Crippen MR) is 154 cm³/mol. The van der Waals surface area contributed by atoms with E-state index in [4.69, 9.17) is 19.4 Å². The van der Waals surface area contributed by atoms with E-state index in [-0.39, 0.29) is 5.92 Å². The Hall–Kier alpha value is -3.01. The first-order valence-electron chi connectivity index (χ1n) is 14.5. The predicted octanol–water partition coefficient (Wildman–Crippen LogP) is 4.93. The minimum atomic E-state index is -0.635. The molecule has 9 heteroatoms. The maximum atomic E-state index is 11.7. The molecule has 8 nitrogen and oxygen atoms in total. The molecule has 3 fully saturated rings. The van der Waals surface area contributed by atoms with Crippen molar-refractivity contribution in [3.8, 4) is 17.0 Å². The standard InChI is InChI=1S/C31H36N4O4S/c1-20-3-2-4-25(27-19-40-30(33-27)35-10-8-31(29(36)37)14-23(31)16-35)28(20)39-18-21-13-22-5-9-34(17-26(22)32-15-21)24-6-11-38-12-7-24/h2-4,13,15,19,23-24H,5-12,14,16-18H2,1H3,(H,36,37)/t23-,31+/m0/s1. The molecule has 3 aliphatic heterocycles. The number of hydrogen-bond donors (Lipinski definition) is 1. The molecule has 0 unspecified atom stereocenters. The lowest BCUT2D eigenvalue weighted by Gasteiger charge is -2.37. The van der Waals surface area contributed by atoms with Crippen molar-refractivity contribution < 1.29 is 19.4 Å². The fourth-order valence-electron chi connectivity index (χ4n) is 6.82. The summed E-state index contributed by atoms with van der Waals surface area (Å²) in [5.74, 6) is 0.456. The summed E-state index contributed by atoms with van der Waals surface area (Å²) in [6.07, 6.45) is 6.71. The van der Waals surface area contributed by atoms with Crippen molar-refractivity contribution in [1.29, 1.82) is 0 Å². The van der Waals surface area contributed by atoms with Gasteiger partial charge in [-0.25, -0.2) is 4.98 Å². The van der Waals surface area contributed by atoms with E-state index in [0.717, 1.165) is 98.3 Å². The molecule has 1 N–H and O–H groups in total. The topological polar surface area (TPSA) is 88.0 Å². The van der Waals surface area contributed by atoms with E-state index in [1.807, 2.05) is 12.3 Å². The van der Waals surface area contributed by atoms with E-state index in [1.165, 1.54) is 11.3 Å². The van der Waals surface area contributed by atoms with Gasteiger partial charge in [0.05, 0.1) is 16.8 Å². The van der Waals surface area contributed by atoms with Gasteiger partial charge in [0, 0.05) is 68.1 Å². The van der Waals surface area contributed by atoms with Crippen molar-refractivity contribution in [3.05, 3.63) is 58.2 Å². The molecule has 0 amide bonds. The Kier molecular flexibility index (Phi) is 6.76. The number of hydrogen-bond acceptors (Lipinski definition) is 8. The maximum Gasteiger partial charge on any atom is 0.310 e. The Balaban J connectivity index is 1.03. The number of piperidine rings is 1. The van der Waals surface area contributed by atoms with Crippen LogP contribution in [0.15, 0.2) is 35.8 Å². The summed E-state index contributed by atoms with van der Waals surface area (Å²) in [6.45, 7) is 7.78. The zero-order valence-electron chi connectivity index (χ0n) is 23.0. The number of fused-ring (bicyclic) bond motifs is 2. The fourth-order valence-corrected chi connectivity index (χ4v) is 7.68. The van der Waals surface area contributed by atoms with Crippen LogP contribution in [0.4, 0.5) is 5.13 Å². The van der Waals surface area contributed by atoms with Gasteiger partial charge in [0.2, 0.25) is 0 Å². The maximum absolute atomic E-state index is 11.7. The summed E-state index contributed by atoms with van der Waals surface area (Å²) in [7, 11) is 0. The van der Waals surface area contributed by atoms with Gasteiger partial charge in [-0.3, -0.25) is 14.7 Å². The summed E-state index contributed by atoms with van der Waals surface area (Å²) in [5.41, 5.74) is 6.10. The monoisotopic (exact) mass is 560 g/mol. The number of carboxylic acid groups (broad SMARTS) is 1. The van der Waals surface area contributed by atoms with Gasteiger partial charge >= 0.3 is 5.97 Å². The second-order valence-corrected chi connectivity index (χ2v) is 12.7. The van der Waals surface area contributed by atoms with Crippen LogP contribution < -0.4 is 9.64 Å². The van der Waals surface area contributed by atoms with E-state index in [0.29, 0.717) is 19.1 Å². The van der Waals surface area contributed by atoms with Crippen LogP contribution in [0.25, 0.3) is 11.3 Å². The molecule has 0 bridgehead atoms. The molecule has 2 atom stereocenters. The van der Waals surface area contributed by atoms with Gasteiger partial charge in [-0.1, -0.05) is 12.1 Å². The molecule has 0 radical (unpaired) electrons. The number of aliphatic carboxylic acids is 1. The van der Waals surface area contributed by atoms with Crippen LogP contribution in [0.3, 0.4) is 0 Å². The van der Waals surface area contributed by atoms with Gasteiger partial charge in [0.1, 0.15) is 12.4 Å². The number of nitrogens with zero attached hydrogens (tertiary/aromatic N) is 4. The minimum absolute atomic E-state index is 0.235. The first-order chi connectivity index (χ1) is 19.5. The molecular weight excluding hydrogens is 524 g/mol. The second-order valence-electron chi connectivity index (χ2n) is 11.8. The van der Waals surface area contributed by atoms with Gasteiger partial charge in [-0.2, -0.15) is 0 Å². The van der Waals surface area contributed by atoms with Gasteiger partial charge in [0.25, 0.3) is 0 Å². The normalized spacial score (nSPS) is 24.8. The van der Waals surface area contributed by atoms with Gasteiger partial charge in [-0.05, 0) is 68.2 Å². The quantitative estimate of drug-likeness (QED) is 0.435. The molecule has 7 rings (SSSR count). The Bertz CT molecular complexity index is 1420. The first-order valence-corrected chi connectivity index (χ1v) is 15.3. The minimum Gasteiger partial charge on any atom is -0.488 e. The molecule has 1 aliphatic carbocycles. The van der Waals surface area contributed by atoms with Crippen LogP contribution in [0.2, 0.25) is 0 Å². The molecule has 2 aromatic heterocycles. The number of para-hydroxylation sites is 1. The third kappa shape index (κ3) is 4.78. The lowest BCUT2D eigenvalue weighted by atomic mass is 9.96. The third-order valence-electron chi connectivity index (χ3n) is 9.41. The number of thiazole rings is 1. The van der Waals surface area contributed by atoms with Gasteiger partial charge in [-0.15, -0.1) is 11.3 Å². The zero-order chi connectivity index (χ0) is 27.3. The first kappa shape index (κ1) is 25.9. The summed E-state index contributed by atoms with van der Waals surface area (Å²) in [5, 5.41) is 12.7. The van der Waals surface area contributed by atoms with Crippen LogP contribution in [-0.4, -0.2) is 64.8 Å². The van der Waals surface area contributed by atoms with E-state index in [1.54, 1.807) is 11.3 Å². The number of carbonyl (C=O) groups is 1. The second kappa shape index (κ2) is 10.4. The van der Waals surface area contributed by atoms with Crippen LogP contribution >= 0.6 is 11.3 Å². The highest BCUT2D eigenvalue weighted by molar-refractivity contribution is 7.14. The molecular formula is C31H36N4O4S. The van der Waals surface area contributed by atoms with E-state index in [2.05, 4.69) is 40.3 Å². The molecule has 40 heavy (non-hydrogen) atoms. The Morgan fingerprint density at radius 3 is 2.98 bits per heavy atom. The number of anilines is 1. The van der Waals surface area contributed by atoms with Crippen LogP contribution in [0.1, 0.15) is 48.1 Å². The van der Waals surface area contributed by atoms with Crippen molar-refractivity contribution in [2.24, 2.45) is 11.3 Å². The lowest BCUT2D eigenvalue weighted by molar-refractivity contribution is -0.144.